The van der Waals surface area contributed by atoms with Crippen molar-refractivity contribution < 1.29 is 4.79 Å². The van der Waals surface area contributed by atoms with E-state index in [-0.39, 0.29) is 5.54 Å². The van der Waals surface area contributed by atoms with Gasteiger partial charge in [-0.15, -0.1) is 11.3 Å². The maximum Gasteiger partial charge on any atom is 0.222 e. The molecule has 144 valence electrons. The smallest absolute Gasteiger partial charge is 0.222 e. The maximum absolute atomic E-state index is 12.6. The van der Waals surface area contributed by atoms with Crippen LogP contribution in [0.25, 0.3) is 0 Å². The summed E-state index contributed by atoms with van der Waals surface area (Å²) in [4.78, 5) is 24.6. The molecule has 1 spiro atoms. The van der Waals surface area contributed by atoms with E-state index in [2.05, 4.69) is 34.1 Å². The second kappa shape index (κ2) is 7.56. The van der Waals surface area contributed by atoms with Crippen molar-refractivity contribution in [2.24, 2.45) is 5.92 Å². The predicted molar refractivity (Wildman–Crippen MR) is 105 cm³/mol. The van der Waals surface area contributed by atoms with Gasteiger partial charge in [-0.25, -0.2) is 4.98 Å². The van der Waals surface area contributed by atoms with Crippen LogP contribution < -0.4 is 0 Å². The van der Waals surface area contributed by atoms with E-state index in [9.17, 15) is 4.79 Å². The van der Waals surface area contributed by atoms with E-state index in [1.807, 2.05) is 0 Å². The minimum absolute atomic E-state index is 0.149. The van der Waals surface area contributed by atoms with E-state index in [1.165, 1.54) is 23.5 Å². The molecule has 0 aromatic carbocycles. The summed E-state index contributed by atoms with van der Waals surface area (Å²) in [6.45, 7) is 8.30. The lowest BCUT2D eigenvalue weighted by Gasteiger charge is -2.49. The third kappa shape index (κ3) is 3.97. The summed E-state index contributed by atoms with van der Waals surface area (Å²) in [5.74, 6) is 1.16. The Labute approximate surface area is 161 Å². The minimum Gasteiger partial charge on any atom is -0.342 e. The number of carbonyl (C=O) groups is 1. The first kappa shape index (κ1) is 18.4. The monoisotopic (exact) mass is 376 g/mol. The van der Waals surface area contributed by atoms with Crippen molar-refractivity contribution in [1.29, 1.82) is 0 Å². The van der Waals surface area contributed by atoms with E-state index in [0.29, 0.717) is 12.3 Å². The highest BCUT2D eigenvalue weighted by Gasteiger charge is 2.42. The summed E-state index contributed by atoms with van der Waals surface area (Å²) in [7, 11) is 2.26. The number of nitrogens with zero attached hydrogens (tertiary/aromatic N) is 4. The van der Waals surface area contributed by atoms with Crippen molar-refractivity contribution in [1.82, 2.24) is 19.7 Å². The highest BCUT2D eigenvalue weighted by atomic mass is 32.1. The number of carbonyl (C=O) groups excluding carboxylic acids is 1. The van der Waals surface area contributed by atoms with Crippen LogP contribution in [0.4, 0.5) is 0 Å². The standard InChI is InChI=1S/C20H32N4OS/c1-3-18-21-17(14-26-18)13-23-11-10-22(2)20(15-23)7-6-19(25)24(9-8-20)12-16-4-5-16/h14,16H,3-13,15H2,1-2H3/t20-/m0/s1. The predicted octanol–water partition coefficient (Wildman–Crippen LogP) is 2.61. The molecule has 2 saturated heterocycles. The highest BCUT2D eigenvalue weighted by Crippen LogP contribution is 2.35. The Bertz CT molecular complexity index is 644. The summed E-state index contributed by atoms with van der Waals surface area (Å²) in [6, 6.07) is 0. The largest absolute Gasteiger partial charge is 0.342 e. The zero-order valence-electron chi connectivity index (χ0n) is 16.2. The lowest BCUT2D eigenvalue weighted by Crippen LogP contribution is -2.60. The number of aryl methyl sites for hydroxylation is 1. The van der Waals surface area contributed by atoms with Crippen molar-refractivity contribution in [3.8, 4) is 0 Å². The first-order valence-corrected chi connectivity index (χ1v) is 11.1. The van der Waals surface area contributed by atoms with Crippen molar-refractivity contribution in [2.75, 3.05) is 39.8 Å². The molecule has 0 bridgehead atoms. The summed E-state index contributed by atoms with van der Waals surface area (Å²) >= 11 is 1.78. The first-order valence-electron chi connectivity index (χ1n) is 10.2. The molecule has 4 rings (SSSR count). The van der Waals surface area contributed by atoms with Crippen LogP contribution >= 0.6 is 11.3 Å². The van der Waals surface area contributed by atoms with Gasteiger partial charge in [0, 0.05) is 56.6 Å². The van der Waals surface area contributed by atoms with Gasteiger partial charge < -0.3 is 4.90 Å². The zero-order valence-corrected chi connectivity index (χ0v) is 17.1. The number of aromatic nitrogens is 1. The van der Waals surface area contributed by atoms with Gasteiger partial charge >= 0.3 is 0 Å². The van der Waals surface area contributed by atoms with Gasteiger partial charge in [0.25, 0.3) is 0 Å². The molecular formula is C20H32N4OS. The van der Waals surface area contributed by atoms with Crippen molar-refractivity contribution in [3.63, 3.8) is 0 Å². The van der Waals surface area contributed by atoms with E-state index < -0.39 is 0 Å². The van der Waals surface area contributed by atoms with Crippen LogP contribution in [0.3, 0.4) is 0 Å². The molecule has 6 heteroatoms. The van der Waals surface area contributed by atoms with Crippen molar-refractivity contribution in [3.05, 3.63) is 16.1 Å². The fourth-order valence-electron chi connectivity index (χ4n) is 4.53. The molecule has 0 radical (unpaired) electrons. The van der Waals surface area contributed by atoms with Gasteiger partial charge in [-0.2, -0.15) is 0 Å². The average Bonchev–Trinajstić information content (AvgIpc) is 3.37. The van der Waals surface area contributed by atoms with Crippen molar-refractivity contribution in [2.45, 2.75) is 57.5 Å². The molecule has 1 aromatic heterocycles. The highest BCUT2D eigenvalue weighted by molar-refractivity contribution is 7.09. The lowest BCUT2D eigenvalue weighted by atomic mass is 9.86. The van der Waals surface area contributed by atoms with E-state index in [0.717, 1.165) is 64.4 Å². The maximum atomic E-state index is 12.6. The van der Waals surface area contributed by atoms with Crippen LogP contribution in [0.5, 0.6) is 0 Å². The van der Waals surface area contributed by atoms with E-state index in [1.54, 1.807) is 11.3 Å². The third-order valence-electron chi connectivity index (χ3n) is 6.55. The van der Waals surface area contributed by atoms with Gasteiger partial charge in [0.1, 0.15) is 0 Å². The Morgan fingerprint density at radius 1 is 1.27 bits per heavy atom. The number of thiazole rings is 1. The molecular weight excluding hydrogens is 344 g/mol. The molecule has 26 heavy (non-hydrogen) atoms. The second-order valence-electron chi connectivity index (χ2n) is 8.48. The van der Waals surface area contributed by atoms with Gasteiger partial charge in [-0.1, -0.05) is 6.92 Å². The Hall–Kier alpha value is -0.980. The molecule has 1 saturated carbocycles. The molecule has 1 amide bonds. The minimum atomic E-state index is 0.149. The summed E-state index contributed by atoms with van der Waals surface area (Å²) in [5.41, 5.74) is 1.36. The molecule has 3 fully saturated rings. The summed E-state index contributed by atoms with van der Waals surface area (Å²) < 4.78 is 0. The van der Waals surface area contributed by atoms with Crippen LogP contribution in [0.15, 0.2) is 5.38 Å². The molecule has 1 aromatic rings. The van der Waals surface area contributed by atoms with Gasteiger partial charge in [-0.05, 0) is 45.1 Å². The molecule has 1 aliphatic carbocycles. The Balaban J connectivity index is 1.42. The second-order valence-corrected chi connectivity index (χ2v) is 9.42. The summed E-state index contributed by atoms with van der Waals surface area (Å²) in [5, 5.41) is 3.46. The number of piperazine rings is 1. The van der Waals surface area contributed by atoms with Gasteiger partial charge in [0.05, 0.1) is 10.7 Å². The molecule has 0 N–H and O–H groups in total. The van der Waals surface area contributed by atoms with Crippen molar-refractivity contribution >= 4 is 17.2 Å². The normalized spacial score (nSPS) is 28.7. The van der Waals surface area contributed by atoms with Crippen LogP contribution in [0, 0.1) is 5.92 Å². The number of hydrogen-bond acceptors (Lipinski definition) is 5. The molecule has 3 heterocycles. The summed E-state index contributed by atoms with van der Waals surface area (Å²) in [6.07, 6.45) is 6.47. The van der Waals surface area contributed by atoms with E-state index >= 15 is 0 Å². The van der Waals surface area contributed by atoms with Crippen LogP contribution in [-0.4, -0.2) is 70.9 Å². The first-order chi connectivity index (χ1) is 12.6. The fourth-order valence-corrected chi connectivity index (χ4v) is 5.26. The van der Waals surface area contributed by atoms with Gasteiger partial charge in [0.2, 0.25) is 5.91 Å². The fraction of sp³-hybridized carbons (Fsp3) is 0.800. The number of rotatable bonds is 5. The Morgan fingerprint density at radius 3 is 2.85 bits per heavy atom. The molecule has 3 aliphatic rings. The topological polar surface area (TPSA) is 39.7 Å². The lowest BCUT2D eigenvalue weighted by molar-refractivity contribution is -0.131. The van der Waals surface area contributed by atoms with Crippen LogP contribution in [0.1, 0.15) is 49.7 Å². The Kier molecular flexibility index (Phi) is 5.35. The molecule has 0 unspecified atom stereocenters. The molecule has 1 atom stereocenters. The van der Waals surface area contributed by atoms with Crippen LogP contribution in [0.2, 0.25) is 0 Å². The molecule has 2 aliphatic heterocycles. The van der Waals surface area contributed by atoms with Crippen LogP contribution in [-0.2, 0) is 17.8 Å². The average molecular weight is 377 g/mol. The molecule has 5 nitrogen and oxygen atoms in total. The number of likely N-dealkylation sites (tertiary alicyclic amines) is 1. The Morgan fingerprint density at radius 2 is 2.12 bits per heavy atom. The quantitative estimate of drug-likeness (QED) is 0.792. The number of hydrogen-bond donors (Lipinski definition) is 0. The van der Waals surface area contributed by atoms with Gasteiger partial charge in [0.15, 0.2) is 0 Å². The number of likely N-dealkylation sites (N-methyl/N-ethyl adjacent to an activating group) is 1. The van der Waals surface area contributed by atoms with Gasteiger partial charge in [-0.3, -0.25) is 14.6 Å². The SMILES string of the molecule is CCc1nc(CN2CCN(C)[C@]3(CCC(=O)N(CC4CC4)CC3)C2)cs1. The third-order valence-corrected chi connectivity index (χ3v) is 7.59. The number of amides is 1. The zero-order chi connectivity index (χ0) is 18.1. The van der Waals surface area contributed by atoms with E-state index in [4.69, 9.17) is 4.98 Å².